The summed E-state index contributed by atoms with van der Waals surface area (Å²) in [4.78, 5) is 15.7. The number of aromatic nitrogens is 3. The molecule has 1 amide bonds. The minimum absolute atomic E-state index is 0.0486. The number of carbonyl (C=O) groups is 1. The SMILES string of the molecule is CS(=O)(=O)c1ccc(-c2nnc(NC(=O)c3c[nH]c4ccccc34)o2)cc1. The first-order valence-corrected chi connectivity index (χ1v) is 9.82. The van der Waals surface area contributed by atoms with E-state index in [1.165, 1.54) is 12.1 Å². The van der Waals surface area contributed by atoms with Gasteiger partial charge in [-0.25, -0.2) is 8.42 Å². The van der Waals surface area contributed by atoms with Crippen LogP contribution in [-0.2, 0) is 9.84 Å². The van der Waals surface area contributed by atoms with Gasteiger partial charge < -0.3 is 9.40 Å². The standard InChI is InChI=1S/C18H14N4O4S/c1-27(24,25)12-8-6-11(7-9-12)17-21-22-18(26-17)20-16(23)14-10-19-15-5-3-2-4-13(14)15/h2-10,19H,1H3,(H,20,22,23). The molecule has 2 N–H and O–H groups in total. The summed E-state index contributed by atoms with van der Waals surface area (Å²) in [5.74, 6) is -0.209. The van der Waals surface area contributed by atoms with E-state index in [1.54, 1.807) is 18.3 Å². The van der Waals surface area contributed by atoms with E-state index in [0.717, 1.165) is 17.2 Å². The van der Waals surface area contributed by atoms with Crippen molar-refractivity contribution in [3.05, 3.63) is 60.3 Å². The van der Waals surface area contributed by atoms with Crippen LogP contribution in [0.25, 0.3) is 22.4 Å². The largest absolute Gasteiger partial charge is 0.403 e. The molecule has 2 heterocycles. The summed E-state index contributed by atoms with van der Waals surface area (Å²) in [6.45, 7) is 0. The number of aromatic amines is 1. The molecule has 27 heavy (non-hydrogen) atoms. The zero-order valence-corrected chi connectivity index (χ0v) is 14.9. The maximum Gasteiger partial charge on any atom is 0.322 e. The van der Waals surface area contributed by atoms with E-state index in [-0.39, 0.29) is 22.7 Å². The molecular weight excluding hydrogens is 368 g/mol. The number of anilines is 1. The number of benzene rings is 2. The van der Waals surface area contributed by atoms with Crippen LogP contribution in [0.5, 0.6) is 0 Å². The second-order valence-electron chi connectivity index (χ2n) is 5.91. The summed E-state index contributed by atoms with van der Waals surface area (Å²) in [6.07, 6.45) is 2.74. The number of sulfone groups is 1. The zero-order valence-electron chi connectivity index (χ0n) is 14.1. The average Bonchev–Trinajstić information content (AvgIpc) is 3.28. The Morgan fingerprint density at radius 2 is 1.81 bits per heavy atom. The molecule has 0 bridgehead atoms. The lowest BCUT2D eigenvalue weighted by Crippen LogP contribution is -2.11. The molecule has 0 saturated heterocycles. The van der Waals surface area contributed by atoms with Gasteiger partial charge in [-0.1, -0.05) is 23.3 Å². The van der Waals surface area contributed by atoms with E-state index in [4.69, 9.17) is 4.42 Å². The first-order chi connectivity index (χ1) is 12.9. The molecule has 0 radical (unpaired) electrons. The Bertz CT molecular complexity index is 1240. The fraction of sp³-hybridized carbons (Fsp3) is 0.0556. The summed E-state index contributed by atoms with van der Waals surface area (Å²) < 4.78 is 28.5. The Hall–Kier alpha value is -3.46. The van der Waals surface area contributed by atoms with Crippen molar-refractivity contribution in [2.24, 2.45) is 0 Å². The maximum absolute atomic E-state index is 12.5. The summed E-state index contributed by atoms with van der Waals surface area (Å²) in [5.41, 5.74) is 1.85. The molecule has 8 nitrogen and oxygen atoms in total. The van der Waals surface area contributed by atoms with Crippen LogP contribution in [0, 0.1) is 0 Å². The third-order valence-electron chi connectivity index (χ3n) is 4.01. The topological polar surface area (TPSA) is 118 Å². The second kappa shape index (κ2) is 6.36. The molecule has 0 saturated carbocycles. The number of hydrogen-bond acceptors (Lipinski definition) is 6. The lowest BCUT2D eigenvalue weighted by Gasteiger charge is -2.00. The number of fused-ring (bicyclic) bond motifs is 1. The second-order valence-corrected chi connectivity index (χ2v) is 7.93. The molecule has 0 aliphatic heterocycles. The number of carbonyl (C=O) groups excluding carboxylic acids is 1. The third kappa shape index (κ3) is 3.32. The van der Waals surface area contributed by atoms with Crippen LogP contribution in [0.15, 0.2) is 64.0 Å². The quantitative estimate of drug-likeness (QED) is 0.560. The Balaban J connectivity index is 1.55. The van der Waals surface area contributed by atoms with Gasteiger partial charge in [0.25, 0.3) is 5.91 Å². The average molecular weight is 382 g/mol. The van der Waals surface area contributed by atoms with Gasteiger partial charge in [0.2, 0.25) is 5.89 Å². The van der Waals surface area contributed by atoms with Crippen molar-refractivity contribution in [2.75, 3.05) is 11.6 Å². The number of rotatable bonds is 4. The summed E-state index contributed by atoms with van der Waals surface area (Å²) in [6, 6.07) is 13.4. The predicted octanol–water partition coefficient (Wildman–Crippen LogP) is 2.87. The Labute approximate surface area is 154 Å². The highest BCUT2D eigenvalue weighted by Crippen LogP contribution is 2.23. The molecule has 0 aliphatic carbocycles. The maximum atomic E-state index is 12.5. The van der Waals surface area contributed by atoms with E-state index in [2.05, 4.69) is 20.5 Å². The van der Waals surface area contributed by atoms with Crippen molar-refractivity contribution in [3.63, 3.8) is 0 Å². The Morgan fingerprint density at radius 3 is 2.56 bits per heavy atom. The van der Waals surface area contributed by atoms with Gasteiger partial charge in [-0.2, -0.15) is 0 Å². The Kier molecular flexibility index (Phi) is 4.00. The highest BCUT2D eigenvalue weighted by atomic mass is 32.2. The van der Waals surface area contributed by atoms with E-state index in [9.17, 15) is 13.2 Å². The molecule has 4 rings (SSSR count). The number of hydrogen-bond donors (Lipinski definition) is 2. The fourth-order valence-corrected chi connectivity index (χ4v) is 3.29. The van der Waals surface area contributed by atoms with Crippen molar-refractivity contribution >= 4 is 32.7 Å². The smallest absolute Gasteiger partial charge is 0.322 e. The molecule has 0 fully saturated rings. The number of H-pyrrole nitrogens is 1. The van der Waals surface area contributed by atoms with Crippen LogP contribution < -0.4 is 5.32 Å². The van der Waals surface area contributed by atoms with Crippen LogP contribution >= 0.6 is 0 Å². The van der Waals surface area contributed by atoms with Crippen molar-refractivity contribution < 1.29 is 17.6 Å². The molecule has 0 spiro atoms. The van der Waals surface area contributed by atoms with Crippen molar-refractivity contribution in [3.8, 4) is 11.5 Å². The molecular formula is C18H14N4O4S. The van der Waals surface area contributed by atoms with Crippen molar-refractivity contribution in [2.45, 2.75) is 4.90 Å². The van der Waals surface area contributed by atoms with Gasteiger partial charge in [0.1, 0.15) is 0 Å². The van der Waals surface area contributed by atoms with Gasteiger partial charge in [-0.3, -0.25) is 10.1 Å². The summed E-state index contributed by atoms with van der Waals surface area (Å²) in [5, 5.41) is 11.1. The monoisotopic (exact) mass is 382 g/mol. The first kappa shape index (κ1) is 17.0. The van der Waals surface area contributed by atoms with Crippen molar-refractivity contribution in [1.82, 2.24) is 15.2 Å². The normalized spacial score (nSPS) is 11.6. The molecule has 4 aromatic rings. The highest BCUT2D eigenvalue weighted by molar-refractivity contribution is 7.90. The van der Waals surface area contributed by atoms with Gasteiger partial charge in [0, 0.05) is 28.9 Å². The molecule has 2 aromatic carbocycles. The zero-order chi connectivity index (χ0) is 19.0. The van der Waals surface area contributed by atoms with Gasteiger partial charge in [-0.05, 0) is 30.3 Å². The molecule has 0 atom stereocenters. The van der Waals surface area contributed by atoms with Gasteiger partial charge in [0.15, 0.2) is 9.84 Å². The highest BCUT2D eigenvalue weighted by Gasteiger charge is 2.16. The minimum atomic E-state index is -3.28. The first-order valence-electron chi connectivity index (χ1n) is 7.93. The Morgan fingerprint density at radius 1 is 1.07 bits per heavy atom. The van der Waals surface area contributed by atoms with Crippen LogP contribution in [0.3, 0.4) is 0 Å². The number of para-hydroxylation sites is 1. The molecule has 9 heteroatoms. The van der Waals surface area contributed by atoms with Gasteiger partial charge >= 0.3 is 6.01 Å². The molecule has 2 aromatic heterocycles. The van der Waals surface area contributed by atoms with Crippen LogP contribution in [0.2, 0.25) is 0 Å². The fourth-order valence-electron chi connectivity index (χ4n) is 2.66. The van der Waals surface area contributed by atoms with Crippen LogP contribution in [-0.4, -0.2) is 35.8 Å². The van der Waals surface area contributed by atoms with E-state index in [0.29, 0.717) is 11.1 Å². The van der Waals surface area contributed by atoms with E-state index >= 15 is 0 Å². The van der Waals surface area contributed by atoms with E-state index in [1.807, 2.05) is 24.3 Å². The lowest BCUT2D eigenvalue weighted by molar-refractivity contribution is 0.102. The third-order valence-corrected chi connectivity index (χ3v) is 5.14. The lowest BCUT2D eigenvalue weighted by atomic mass is 10.2. The van der Waals surface area contributed by atoms with E-state index < -0.39 is 9.84 Å². The number of nitrogens with zero attached hydrogens (tertiary/aromatic N) is 2. The number of amides is 1. The molecule has 0 unspecified atom stereocenters. The van der Waals surface area contributed by atoms with Crippen molar-refractivity contribution in [1.29, 1.82) is 0 Å². The number of nitrogens with one attached hydrogen (secondary N) is 2. The molecule has 136 valence electrons. The van der Waals surface area contributed by atoms with Gasteiger partial charge in [-0.15, -0.1) is 5.10 Å². The molecule has 0 aliphatic rings. The summed E-state index contributed by atoms with van der Waals surface area (Å²) in [7, 11) is -3.28. The minimum Gasteiger partial charge on any atom is -0.403 e. The summed E-state index contributed by atoms with van der Waals surface area (Å²) >= 11 is 0. The van der Waals surface area contributed by atoms with Crippen LogP contribution in [0.1, 0.15) is 10.4 Å². The predicted molar refractivity (Wildman–Crippen MR) is 99.1 cm³/mol. The van der Waals surface area contributed by atoms with Crippen LogP contribution in [0.4, 0.5) is 6.01 Å². The van der Waals surface area contributed by atoms with Gasteiger partial charge in [0.05, 0.1) is 10.5 Å².